The van der Waals surface area contributed by atoms with Crippen LogP contribution < -0.4 is 5.32 Å². The van der Waals surface area contributed by atoms with E-state index in [1.54, 1.807) is 6.92 Å². The molecule has 1 N–H and O–H groups in total. The van der Waals surface area contributed by atoms with Crippen LogP contribution in [-0.4, -0.2) is 42.9 Å². The molecule has 0 amide bonds. The van der Waals surface area contributed by atoms with E-state index in [9.17, 15) is 4.79 Å². The third-order valence-corrected chi connectivity index (χ3v) is 5.65. The predicted octanol–water partition coefficient (Wildman–Crippen LogP) is 5.99. The summed E-state index contributed by atoms with van der Waals surface area (Å²) < 4.78 is 0. The number of hydrogen-bond acceptors (Lipinski definition) is 3. The van der Waals surface area contributed by atoms with Crippen LogP contribution in [0.1, 0.15) is 80.1 Å². The second kappa shape index (κ2) is 14.5. The summed E-state index contributed by atoms with van der Waals surface area (Å²) in [7, 11) is 0. The lowest BCUT2D eigenvalue weighted by Gasteiger charge is -2.33. The summed E-state index contributed by atoms with van der Waals surface area (Å²) >= 11 is 0. The van der Waals surface area contributed by atoms with Gasteiger partial charge in [-0.3, -0.25) is 9.69 Å². The van der Waals surface area contributed by atoms with Crippen molar-refractivity contribution in [2.24, 2.45) is 0 Å². The standard InChI is InChI=1S/C26H44N2O/c1-21(2)10-7-11-22(3)12-8-13-23(4)14-9-15-24(5)16-18-28-19-17-27-20-26(28)25(6)29/h10,12,14,16,26-27H,7-9,11,13,15,17-20H2,1-6H3/b22-12+,23-14+,24-16+. The van der Waals surface area contributed by atoms with Gasteiger partial charge in [-0.15, -0.1) is 0 Å². The summed E-state index contributed by atoms with van der Waals surface area (Å²) in [4.78, 5) is 14.1. The van der Waals surface area contributed by atoms with Crippen LogP contribution in [0.15, 0.2) is 46.6 Å². The van der Waals surface area contributed by atoms with E-state index in [1.807, 2.05) is 0 Å². The van der Waals surface area contributed by atoms with Crippen LogP contribution in [0.25, 0.3) is 0 Å². The Morgan fingerprint density at radius 3 is 1.86 bits per heavy atom. The zero-order valence-electron chi connectivity index (χ0n) is 19.8. The van der Waals surface area contributed by atoms with Gasteiger partial charge in [0.1, 0.15) is 5.78 Å². The van der Waals surface area contributed by atoms with Crippen LogP contribution in [0.5, 0.6) is 0 Å². The molecule has 0 aromatic carbocycles. The maximum absolute atomic E-state index is 11.8. The van der Waals surface area contributed by atoms with E-state index < -0.39 is 0 Å². The molecular weight excluding hydrogens is 356 g/mol. The van der Waals surface area contributed by atoms with Crippen LogP contribution in [0.4, 0.5) is 0 Å². The second-order valence-corrected chi connectivity index (χ2v) is 8.87. The fourth-order valence-corrected chi connectivity index (χ4v) is 3.63. The van der Waals surface area contributed by atoms with E-state index in [-0.39, 0.29) is 11.8 Å². The Kier molecular flexibility index (Phi) is 12.8. The first-order valence-corrected chi connectivity index (χ1v) is 11.3. The van der Waals surface area contributed by atoms with Gasteiger partial charge < -0.3 is 5.32 Å². The normalized spacial score (nSPS) is 19.4. The first kappa shape index (κ1) is 25.6. The van der Waals surface area contributed by atoms with Gasteiger partial charge in [0, 0.05) is 26.2 Å². The maximum atomic E-state index is 11.8. The van der Waals surface area contributed by atoms with Gasteiger partial charge in [-0.25, -0.2) is 0 Å². The Bertz CT molecular complexity index is 621. The fraction of sp³-hybridized carbons (Fsp3) is 0.654. The van der Waals surface area contributed by atoms with Crippen molar-refractivity contribution >= 4 is 5.78 Å². The van der Waals surface area contributed by atoms with E-state index in [0.717, 1.165) is 58.3 Å². The summed E-state index contributed by atoms with van der Waals surface area (Å²) in [6.45, 7) is 16.3. The minimum absolute atomic E-state index is 0.0356. The molecule has 29 heavy (non-hydrogen) atoms. The minimum Gasteiger partial charge on any atom is -0.313 e. The van der Waals surface area contributed by atoms with Crippen molar-refractivity contribution in [3.63, 3.8) is 0 Å². The quantitative estimate of drug-likeness (QED) is 0.408. The number of rotatable bonds is 12. The largest absolute Gasteiger partial charge is 0.313 e. The molecule has 0 bridgehead atoms. The topological polar surface area (TPSA) is 32.3 Å². The monoisotopic (exact) mass is 400 g/mol. The van der Waals surface area contributed by atoms with Gasteiger partial charge in [0.2, 0.25) is 0 Å². The number of Topliss-reactive ketones (excluding diaryl/α,β-unsaturated/α-hetero) is 1. The highest BCUT2D eigenvalue weighted by Crippen LogP contribution is 2.14. The molecule has 0 aromatic rings. The predicted molar refractivity (Wildman–Crippen MR) is 127 cm³/mol. The summed E-state index contributed by atoms with van der Waals surface area (Å²) in [6.07, 6.45) is 16.3. The van der Waals surface area contributed by atoms with Gasteiger partial charge in [0.15, 0.2) is 0 Å². The van der Waals surface area contributed by atoms with Crippen LogP contribution in [-0.2, 0) is 4.79 Å². The van der Waals surface area contributed by atoms with Gasteiger partial charge >= 0.3 is 0 Å². The number of hydrogen-bond donors (Lipinski definition) is 1. The highest BCUT2D eigenvalue weighted by Gasteiger charge is 2.24. The van der Waals surface area contributed by atoms with Crippen LogP contribution in [0.3, 0.4) is 0 Å². The van der Waals surface area contributed by atoms with Crippen molar-refractivity contribution in [2.75, 3.05) is 26.2 Å². The fourth-order valence-electron chi connectivity index (χ4n) is 3.63. The van der Waals surface area contributed by atoms with Gasteiger partial charge in [-0.05, 0) is 80.1 Å². The molecule has 1 aliphatic heterocycles. The van der Waals surface area contributed by atoms with Crippen molar-refractivity contribution in [1.82, 2.24) is 10.2 Å². The Balaban J connectivity index is 2.31. The summed E-state index contributed by atoms with van der Waals surface area (Å²) in [6, 6.07) is 0.0356. The number of nitrogens with one attached hydrogen (secondary N) is 1. The molecule has 0 aliphatic carbocycles. The number of allylic oxidation sites excluding steroid dienone is 7. The number of ketones is 1. The van der Waals surface area contributed by atoms with Crippen LogP contribution >= 0.6 is 0 Å². The first-order chi connectivity index (χ1) is 13.8. The van der Waals surface area contributed by atoms with E-state index in [2.05, 4.69) is 69.1 Å². The van der Waals surface area contributed by atoms with Gasteiger partial charge in [-0.2, -0.15) is 0 Å². The lowest BCUT2D eigenvalue weighted by Crippen LogP contribution is -2.54. The van der Waals surface area contributed by atoms with Crippen molar-refractivity contribution in [1.29, 1.82) is 0 Å². The SMILES string of the molecule is CC(=O)C1CNCCN1C/C=C(\C)CC/C=C(\C)CC/C=C(\C)CCC=C(C)C. The molecule has 0 spiro atoms. The molecule has 0 saturated carbocycles. The number of piperazine rings is 1. The molecule has 164 valence electrons. The lowest BCUT2D eigenvalue weighted by atomic mass is 10.0. The van der Waals surface area contributed by atoms with Gasteiger partial charge in [0.25, 0.3) is 0 Å². The Labute approximate surface area is 180 Å². The third-order valence-electron chi connectivity index (χ3n) is 5.65. The first-order valence-electron chi connectivity index (χ1n) is 11.3. The van der Waals surface area contributed by atoms with Crippen LogP contribution in [0.2, 0.25) is 0 Å². The van der Waals surface area contributed by atoms with E-state index in [1.165, 1.54) is 28.7 Å². The molecule has 1 unspecified atom stereocenters. The van der Waals surface area contributed by atoms with Crippen molar-refractivity contribution < 1.29 is 4.79 Å². The zero-order chi connectivity index (χ0) is 21.6. The third kappa shape index (κ3) is 12.0. The summed E-state index contributed by atoms with van der Waals surface area (Å²) in [5.74, 6) is 0.267. The highest BCUT2D eigenvalue weighted by atomic mass is 16.1. The van der Waals surface area contributed by atoms with E-state index in [0.29, 0.717) is 0 Å². The smallest absolute Gasteiger partial charge is 0.148 e. The number of nitrogens with zero attached hydrogens (tertiary/aromatic N) is 1. The molecule has 0 radical (unpaired) electrons. The Hall–Kier alpha value is -1.45. The number of carbonyl (C=O) groups is 1. The zero-order valence-corrected chi connectivity index (χ0v) is 19.8. The lowest BCUT2D eigenvalue weighted by molar-refractivity contribution is -0.122. The molecule has 3 heteroatoms. The molecule has 3 nitrogen and oxygen atoms in total. The second-order valence-electron chi connectivity index (χ2n) is 8.87. The molecule has 1 heterocycles. The molecule has 1 atom stereocenters. The van der Waals surface area contributed by atoms with Crippen molar-refractivity contribution in [2.45, 2.75) is 86.1 Å². The van der Waals surface area contributed by atoms with Crippen molar-refractivity contribution in [3.8, 4) is 0 Å². The molecule has 1 aliphatic rings. The van der Waals surface area contributed by atoms with E-state index >= 15 is 0 Å². The van der Waals surface area contributed by atoms with Crippen molar-refractivity contribution in [3.05, 3.63) is 46.6 Å². The van der Waals surface area contributed by atoms with Gasteiger partial charge in [-0.1, -0.05) is 46.6 Å². The minimum atomic E-state index is 0.0356. The van der Waals surface area contributed by atoms with Crippen LogP contribution in [0, 0.1) is 0 Å². The summed E-state index contributed by atoms with van der Waals surface area (Å²) in [5, 5.41) is 3.32. The molecule has 1 saturated heterocycles. The Morgan fingerprint density at radius 2 is 1.34 bits per heavy atom. The number of carbonyl (C=O) groups excluding carboxylic acids is 1. The molecule has 0 aromatic heterocycles. The average Bonchev–Trinajstić information content (AvgIpc) is 2.66. The highest BCUT2D eigenvalue weighted by molar-refractivity contribution is 5.81. The van der Waals surface area contributed by atoms with E-state index in [4.69, 9.17) is 0 Å². The Morgan fingerprint density at radius 1 is 0.828 bits per heavy atom. The van der Waals surface area contributed by atoms with Gasteiger partial charge in [0.05, 0.1) is 6.04 Å². The maximum Gasteiger partial charge on any atom is 0.148 e. The molecule has 1 fully saturated rings. The average molecular weight is 401 g/mol. The summed E-state index contributed by atoms with van der Waals surface area (Å²) in [5.41, 5.74) is 5.83. The molecule has 1 rings (SSSR count). The molecular formula is C26H44N2O.